The number of rotatable bonds is 1. The summed E-state index contributed by atoms with van der Waals surface area (Å²) in [4.78, 5) is 0. The van der Waals surface area contributed by atoms with Crippen LogP contribution in [0.2, 0.25) is 0 Å². The van der Waals surface area contributed by atoms with E-state index in [4.69, 9.17) is 20.1 Å². The molecule has 1 unspecified atom stereocenters. The number of hydrogen-bond donors (Lipinski definition) is 3. The van der Waals surface area contributed by atoms with Crippen molar-refractivity contribution < 1.29 is 24.8 Å². The summed E-state index contributed by atoms with van der Waals surface area (Å²) >= 11 is 0. The molecule has 5 nitrogen and oxygen atoms in total. The highest BCUT2D eigenvalue weighted by Gasteiger charge is 2.37. The van der Waals surface area contributed by atoms with Crippen molar-refractivity contribution in [3.8, 4) is 0 Å². The van der Waals surface area contributed by atoms with Gasteiger partial charge in [0, 0.05) is 7.11 Å². The standard InChI is InChI=1S/C6H12O5/c1-10-5-3(7)2-11-6(9)4(5)8/h3-9H,2H2,1H3/t3-,4+,5-,6?/m1/s1. The van der Waals surface area contributed by atoms with E-state index in [1.807, 2.05) is 0 Å². The average Bonchev–Trinajstić information content (AvgIpc) is 1.99. The second kappa shape index (κ2) is 3.46. The fourth-order valence-electron chi connectivity index (χ4n) is 1.08. The van der Waals surface area contributed by atoms with E-state index in [2.05, 4.69) is 4.74 Å². The van der Waals surface area contributed by atoms with E-state index in [1.165, 1.54) is 7.11 Å². The van der Waals surface area contributed by atoms with E-state index in [0.29, 0.717) is 0 Å². The molecule has 0 aliphatic carbocycles. The molecule has 1 rings (SSSR count). The van der Waals surface area contributed by atoms with Crippen molar-refractivity contribution in [2.75, 3.05) is 13.7 Å². The molecule has 0 saturated carbocycles. The maximum Gasteiger partial charge on any atom is 0.183 e. The van der Waals surface area contributed by atoms with Crippen LogP contribution in [0.15, 0.2) is 0 Å². The Morgan fingerprint density at radius 2 is 2.00 bits per heavy atom. The summed E-state index contributed by atoms with van der Waals surface area (Å²) in [6.07, 6.45) is -4.08. The van der Waals surface area contributed by atoms with Gasteiger partial charge in [0.2, 0.25) is 0 Å². The first-order valence-corrected chi connectivity index (χ1v) is 3.35. The van der Waals surface area contributed by atoms with Gasteiger partial charge >= 0.3 is 0 Å². The van der Waals surface area contributed by atoms with E-state index >= 15 is 0 Å². The van der Waals surface area contributed by atoms with Gasteiger partial charge in [-0.15, -0.1) is 0 Å². The van der Waals surface area contributed by atoms with Crippen molar-refractivity contribution in [1.29, 1.82) is 0 Å². The molecule has 0 radical (unpaired) electrons. The molecule has 1 heterocycles. The SMILES string of the molecule is CO[C@@H]1[C@H](O)COC(O)[C@H]1O. The second-order valence-electron chi connectivity index (χ2n) is 2.48. The molecule has 0 amide bonds. The zero-order valence-corrected chi connectivity index (χ0v) is 6.17. The molecule has 1 aliphatic rings. The van der Waals surface area contributed by atoms with Crippen LogP contribution in [0, 0.1) is 0 Å². The van der Waals surface area contributed by atoms with Gasteiger partial charge in [-0.05, 0) is 0 Å². The molecule has 3 N–H and O–H groups in total. The van der Waals surface area contributed by atoms with Crippen LogP contribution in [0.25, 0.3) is 0 Å². The monoisotopic (exact) mass is 164 g/mol. The Balaban J connectivity index is 2.55. The van der Waals surface area contributed by atoms with Crippen molar-refractivity contribution in [2.24, 2.45) is 0 Å². The van der Waals surface area contributed by atoms with Gasteiger partial charge in [0.25, 0.3) is 0 Å². The predicted molar refractivity (Wildman–Crippen MR) is 34.8 cm³/mol. The Morgan fingerprint density at radius 3 is 2.45 bits per heavy atom. The topological polar surface area (TPSA) is 79.2 Å². The lowest BCUT2D eigenvalue weighted by molar-refractivity contribution is -0.257. The molecule has 66 valence electrons. The number of hydrogen-bond acceptors (Lipinski definition) is 5. The third-order valence-electron chi connectivity index (χ3n) is 1.72. The minimum atomic E-state index is -1.26. The number of methoxy groups -OCH3 is 1. The minimum Gasteiger partial charge on any atom is -0.388 e. The zero-order valence-electron chi connectivity index (χ0n) is 6.17. The van der Waals surface area contributed by atoms with Crippen LogP contribution in [0.5, 0.6) is 0 Å². The Hall–Kier alpha value is -0.200. The van der Waals surface area contributed by atoms with Gasteiger partial charge in [0.1, 0.15) is 18.3 Å². The van der Waals surface area contributed by atoms with Crippen LogP contribution >= 0.6 is 0 Å². The normalized spacial score (nSPS) is 45.8. The lowest BCUT2D eigenvalue weighted by atomic mass is 10.1. The summed E-state index contributed by atoms with van der Waals surface area (Å²) in [5.74, 6) is 0. The summed E-state index contributed by atoms with van der Waals surface area (Å²) in [5.41, 5.74) is 0. The maximum absolute atomic E-state index is 9.15. The van der Waals surface area contributed by atoms with E-state index in [-0.39, 0.29) is 6.61 Å². The summed E-state index contributed by atoms with van der Waals surface area (Å²) in [5, 5.41) is 27.2. The van der Waals surface area contributed by atoms with Gasteiger partial charge in [-0.3, -0.25) is 0 Å². The molecule has 0 aromatic heterocycles. The van der Waals surface area contributed by atoms with E-state index < -0.39 is 24.6 Å². The number of aliphatic hydroxyl groups is 3. The first-order chi connectivity index (χ1) is 5.16. The fraction of sp³-hybridized carbons (Fsp3) is 1.00. The van der Waals surface area contributed by atoms with Gasteiger partial charge in [0.05, 0.1) is 6.61 Å². The lowest BCUT2D eigenvalue weighted by Gasteiger charge is -2.34. The molecule has 0 spiro atoms. The Bertz CT molecular complexity index is 128. The summed E-state index contributed by atoms with van der Waals surface area (Å²) in [6.45, 7) is -0.0171. The molecule has 1 saturated heterocycles. The Kier molecular flexibility index (Phi) is 2.80. The highest BCUT2D eigenvalue weighted by Crippen LogP contribution is 2.15. The van der Waals surface area contributed by atoms with Crippen LogP contribution in [0.4, 0.5) is 0 Å². The molecule has 5 heteroatoms. The summed E-state index contributed by atoms with van der Waals surface area (Å²) in [7, 11) is 1.36. The summed E-state index contributed by atoms with van der Waals surface area (Å²) in [6, 6.07) is 0. The quantitative estimate of drug-likeness (QED) is 0.420. The predicted octanol–water partition coefficient (Wildman–Crippen LogP) is -1.93. The van der Waals surface area contributed by atoms with Crippen LogP contribution < -0.4 is 0 Å². The van der Waals surface area contributed by atoms with Gasteiger partial charge in [0.15, 0.2) is 6.29 Å². The molecule has 0 aromatic carbocycles. The fourth-order valence-corrected chi connectivity index (χ4v) is 1.08. The van der Waals surface area contributed by atoms with Crippen molar-refractivity contribution in [1.82, 2.24) is 0 Å². The molecule has 1 aliphatic heterocycles. The van der Waals surface area contributed by atoms with E-state index in [1.54, 1.807) is 0 Å². The highest BCUT2D eigenvalue weighted by atomic mass is 16.6. The van der Waals surface area contributed by atoms with E-state index in [0.717, 1.165) is 0 Å². The third kappa shape index (κ3) is 1.69. The van der Waals surface area contributed by atoms with Crippen molar-refractivity contribution in [2.45, 2.75) is 24.6 Å². The Morgan fingerprint density at radius 1 is 1.36 bits per heavy atom. The lowest BCUT2D eigenvalue weighted by Crippen LogP contribution is -2.53. The minimum absolute atomic E-state index is 0.0171. The first kappa shape index (κ1) is 8.89. The van der Waals surface area contributed by atoms with Crippen LogP contribution in [0.1, 0.15) is 0 Å². The molecular formula is C6H12O5. The number of ether oxygens (including phenoxy) is 2. The van der Waals surface area contributed by atoms with Gasteiger partial charge in [-0.1, -0.05) is 0 Å². The van der Waals surface area contributed by atoms with Gasteiger partial charge in [-0.2, -0.15) is 0 Å². The van der Waals surface area contributed by atoms with Crippen LogP contribution in [-0.4, -0.2) is 53.6 Å². The molecule has 0 aromatic rings. The number of aliphatic hydroxyl groups excluding tert-OH is 3. The van der Waals surface area contributed by atoms with E-state index in [9.17, 15) is 0 Å². The second-order valence-corrected chi connectivity index (χ2v) is 2.48. The largest absolute Gasteiger partial charge is 0.388 e. The van der Waals surface area contributed by atoms with Crippen LogP contribution in [0.3, 0.4) is 0 Å². The summed E-state index contributed by atoms with van der Waals surface area (Å²) < 4.78 is 9.36. The average molecular weight is 164 g/mol. The molecular weight excluding hydrogens is 152 g/mol. The van der Waals surface area contributed by atoms with Crippen molar-refractivity contribution in [3.05, 3.63) is 0 Å². The van der Waals surface area contributed by atoms with Crippen molar-refractivity contribution in [3.63, 3.8) is 0 Å². The smallest absolute Gasteiger partial charge is 0.183 e. The molecule has 4 atom stereocenters. The maximum atomic E-state index is 9.15. The molecule has 11 heavy (non-hydrogen) atoms. The zero-order chi connectivity index (χ0) is 8.43. The van der Waals surface area contributed by atoms with Crippen LogP contribution in [-0.2, 0) is 9.47 Å². The first-order valence-electron chi connectivity index (χ1n) is 3.35. The van der Waals surface area contributed by atoms with Gasteiger partial charge in [-0.25, -0.2) is 0 Å². The molecule has 1 fully saturated rings. The molecule has 0 bridgehead atoms. The highest BCUT2D eigenvalue weighted by molar-refractivity contribution is 4.82. The third-order valence-corrected chi connectivity index (χ3v) is 1.72. The Labute approximate surface area is 64.2 Å². The van der Waals surface area contributed by atoms with Crippen molar-refractivity contribution >= 4 is 0 Å². The van der Waals surface area contributed by atoms with Gasteiger partial charge < -0.3 is 24.8 Å².